The van der Waals surface area contributed by atoms with Crippen LogP contribution in [0.4, 0.5) is 0 Å². The molecular formula is C17H18O2. The minimum absolute atomic E-state index is 0.436. The molecule has 2 aromatic carbocycles. The van der Waals surface area contributed by atoms with Crippen molar-refractivity contribution >= 4 is 0 Å². The first kappa shape index (κ1) is 13.6. The number of aliphatic hydroxyl groups excluding tert-OH is 1. The van der Waals surface area contributed by atoms with Crippen LogP contribution in [0.3, 0.4) is 0 Å². The van der Waals surface area contributed by atoms with Crippen molar-refractivity contribution in [2.24, 2.45) is 0 Å². The van der Waals surface area contributed by atoms with Gasteiger partial charge in [0.1, 0.15) is 11.9 Å². The van der Waals surface area contributed by atoms with Gasteiger partial charge < -0.3 is 9.84 Å². The summed E-state index contributed by atoms with van der Waals surface area (Å²) in [5, 5.41) is 9.96. The number of methoxy groups -OCH3 is 1. The van der Waals surface area contributed by atoms with Crippen molar-refractivity contribution in [3.8, 4) is 5.75 Å². The first-order chi connectivity index (χ1) is 9.29. The number of hydrogen-bond acceptors (Lipinski definition) is 2. The lowest BCUT2D eigenvalue weighted by Gasteiger charge is -2.09. The SMILES string of the molecule is COc1ccc([CH]CC[C](O)c2ccccc2)cc1. The van der Waals surface area contributed by atoms with Gasteiger partial charge in [-0.05, 0) is 42.5 Å². The van der Waals surface area contributed by atoms with Crippen LogP contribution in [0.25, 0.3) is 0 Å². The predicted molar refractivity (Wildman–Crippen MR) is 76.4 cm³/mol. The Labute approximate surface area is 114 Å². The molecule has 0 amide bonds. The molecule has 0 unspecified atom stereocenters. The van der Waals surface area contributed by atoms with Crippen LogP contribution in [0.5, 0.6) is 5.75 Å². The van der Waals surface area contributed by atoms with Crippen LogP contribution in [-0.2, 0) is 0 Å². The minimum Gasteiger partial charge on any atom is -0.497 e. The van der Waals surface area contributed by atoms with Gasteiger partial charge in [0, 0.05) is 0 Å². The predicted octanol–water partition coefficient (Wildman–Crippen LogP) is 3.98. The second kappa shape index (κ2) is 6.95. The van der Waals surface area contributed by atoms with E-state index < -0.39 is 0 Å². The lowest BCUT2D eigenvalue weighted by Crippen LogP contribution is -1.98. The number of aliphatic hydroxyl groups is 1. The first-order valence-electron chi connectivity index (χ1n) is 6.37. The molecule has 2 heteroatoms. The molecule has 2 aromatic rings. The maximum Gasteiger partial charge on any atom is 0.122 e. The Morgan fingerprint density at radius 1 is 1.05 bits per heavy atom. The Morgan fingerprint density at radius 3 is 2.37 bits per heavy atom. The van der Waals surface area contributed by atoms with Crippen molar-refractivity contribution < 1.29 is 9.84 Å². The summed E-state index contributed by atoms with van der Waals surface area (Å²) in [5.41, 5.74) is 2.03. The van der Waals surface area contributed by atoms with Crippen LogP contribution >= 0.6 is 0 Å². The third kappa shape index (κ3) is 4.11. The van der Waals surface area contributed by atoms with Crippen LogP contribution in [0.1, 0.15) is 24.0 Å². The Kier molecular flexibility index (Phi) is 4.99. The van der Waals surface area contributed by atoms with Crippen molar-refractivity contribution in [1.29, 1.82) is 0 Å². The molecule has 0 atom stereocenters. The van der Waals surface area contributed by atoms with Gasteiger partial charge in [0.15, 0.2) is 0 Å². The van der Waals surface area contributed by atoms with E-state index in [0.29, 0.717) is 12.5 Å². The molecule has 2 rings (SSSR count). The maximum atomic E-state index is 9.96. The molecule has 2 nitrogen and oxygen atoms in total. The lowest BCUT2D eigenvalue weighted by atomic mass is 10.0. The molecule has 19 heavy (non-hydrogen) atoms. The summed E-state index contributed by atoms with van der Waals surface area (Å²) < 4.78 is 5.11. The molecule has 0 saturated carbocycles. The highest BCUT2D eigenvalue weighted by Crippen LogP contribution is 2.20. The molecule has 0 aromatic heterocycles. The molecular weight excluding hydrogens is 236 g/mol. The zero-order valence-corrected chi connectivity index (χ0v) is 11.0. The van der Waals surface area contributed by atoms with Crippen molar-refractivity contribution in [3.63, 3.8) is 0 Å². The Hall–Kier alpha value is -1.80. The molecule has 0 heterocycles. The Bertz CT molecular complexity index is 476. The third-order valence-corrected chi connectivity index (χ3v) is 2.98. The zero-order valence-electron chi connectivity index (χ0n) is 11.0. The molecule has 0 aliphatic rings. The fraction of sp³-hybridized carbons (Fsp3) is 0.176. The van der Waals surface area contributed by atoms with Crippen LogP contribution in [0, 0.1) is 12.5 Å². The second-order valence-electron chi connectivity index (χ2n) is 4.33. The highest BCUT2D eigenvalue weighted by atomic mass is 16.5. The summed E-state index contributed by atoms with van der Waals surface area (Å²) in [6.07, 6.45) is 4.01. The Balaban J connectivity index is 1.79. The molecule has 0 aliphatic carbocycles. The van der Waals surface area contributed by atoms with Crippen molar-refractivity contribution in [2.75, 3.05) is 7.11 Å². The summed E-state index contributed by atoms with van der Waals surface area (Å²) in [5.74, 6) is 0.857. The Morgan fingerprint density at radius 2 is 1.74 bits per heavy atom. The molecule has 0 saturated heterocycles. The van der Waals surface area contributed by atoms with Gasteiger partial charge in [0.2, 0.25) is 0 Å². The smallest absolute Gasteiger partial charge is 0.122 e. The lowest BCUT2D eigenvalue weighted by molar-refractivity contribution is 0.312. The average molecular weight is 254 g/mol. The van der Waals surface area contributed by atoms with E-state index in [1.807, 2.05) is 54.6 Å². The quantitative estimate of drug-likeness (QED) is 0.844. The van der Waals surface area contributed by atoms with E-state index in [9.17, 15) is 5.11 Å². The van der Waals surface area contributed by atoms with Crippen LogP contribution < -0.4 is 4.74 Å². The highest BCUT2D eigenvalue weighted by molar-refractivity contribution is 5.31. The molecule has 2 radical (unpaired) electrons. The number of ether oxygens (including phenoxy) is 1. The summed E-state index contributed by atoms with van der Waals surface area (Å²) in [6.45, 7) is 0. The highest BCUT2D eigenvalue weighted by Gasteiger charge is 2.07. The summed E-state index contributed by atoms with van der Waals surface area (Å²) in [4.78, 5) is 0. The monoisotopic (exact) mass is 254 g/mol. The largest absolute Gasteiger partial charge is 0.497 e. The van der Waals surface area contributed by atoms with Crippen molar-refractivity contribution in [2.45, 2.75) is 12.8 Å². The molecule has 0 bridgehead atoms. The zero-order chi connectivity index (χ0) is 13.5. The molecule has 0 spiro atoms. The number of hydrogen-bond donors (Lipinski definition) is 1. The van der Waals surface area contributed by atoms with E-state index in [-0.39, 0.29) is 0 Å². The second-order valence-corrected chi connectivity index (χ2v) is 4.33. The molecule has 98 valence electrons. The molecule has 1 N–H and O–H groups in total. The van der Waals surface area contributed by atoms with Gasteiger partial charge in [0.25, 0.3) is 0 Å². The van der Waals surface area contributed by atoms with Crippen molar-refractivity contribution in [3.05, 3.63) is 78.2 Å². The summed E-state index contributed by atoms with van der Waals surface area (Å²) in [6, 6.07) is 17.5. The standard InChI is InChI=1S/C17H18O2/c1-19-16-12-10-14(11-13-16)6-5-9-17(18)15-7-3-2-4-8-15/h2-4,6-8,10-13,18H,5,9H2,1H3. The fourth-order valence-electron chi connectivity index (χ4n) is 1.89. The van der Waals surface area contributed by atoms with Gasteiger partial charge in [-0.3, -0.25) is 0 Å². The summed E-state index contributed by atoms with van der Waals surface area (Å²) in [7, 11) is 1.66. The van der Waals surface area contributed by atoms with Gasteiger partial charge in [-0.25, -0.2) is 0 Å². The van der Waals surface area contributed by atoms with Gasteiger partial charge in [0.05, 0.1) is 7.11 Å². The van der Waals surface area contributed by atoms with E-state index in [4.69, 9.17) is 4.74 Å². The van der Waals surface area contributed by atoms with Gasteiger partial charge in [-0.15, -0.1) is 0 Å². The van der Waals surface area contributed by atoms with E-state index in [0.717, 1.165) is 23.3 Å². The number of benzene rings is 2. The fourth-order valence-corrected chi connectivity index (χ4v) is 1.89. The van der Waals surface area contributed by atoms with E-state index in [1.165, 1.54) is 0 Å². The first-order valence-corrected chi connectivity index (χ1v) is 6.37. The van der Waals surface area contributed by atoms with E-state index >= 15 is 0 Å². The van der Waals surface area contributed by atoms with Gasteiger partial charge in [-0.1, -0.05) is 42.5 Å². The van der Waals surface area contributed by atoms with Gasteiger partial charge in [-0.2, -0.15) is 0 Å². The van der Waals surface area contributed by atoms with Crippen LogP contribution in [-0.4, -0.2) is 12.2 Å². The topological polar surface area (TPSA) is 29.5 Å². The van der Waals surface area contributed by atoms with E-state index in [2.05, 4.69) is 6.42 Å². The minimum atomic E-state index is 0.436. The van der Waals surface area contributed by atoms with Crippen LogP contribution in [0.2, 0.25) is 0 Å². The third-order valence-electron chi connectivity index (χ3n) is 2.98. The summed E-state index contributed by atoms with van der Waals surface area (Å²) >= 11 is 0. The van der Waals surface area contributed by atoms with Crippen molar-refractivity contribution in [1.82, 2.24) is 0 Å². The molecule has 0 aliphatic heterocycles. The molecule has 0 fully saturated rings. The number of rotatable bonds is 6. The van der Waals surface area contributed by atoms with E-state index in [1.54, 1.807) is 7.11 Å². The maximum absolute atomic E-state index is 9.96. The average Bonchev–Trinajstić information content (AvgIpc) is 2.49. The normalized spacial score (nSPS) is 10.7. The van der Waals surface area contributed by atoms with Gasteiger partial charge >= 0.3 is 0 Å². The van der Waals surface area contributed by atoms with Crippen LogP contribution in [0.15, 0.2) is 54.6 Å².